The number of benzene rings is 2. The summed E-state index contributed by atoms with van der Waals surface area (Å²) in [6, 6.07) is 14.3. The lowest BCUT2D eigenvalue weighted by atomic mass is 9.95. The maximum Gasteiger partial charge on any atom is 0.338 e. The molecule has 188 valence electrons. The molecule has 0 saturated carbocycles. The van der Waals surface area contributed by atoms with Crippen molar-refractivity contribution in [1.29, 1.82) is 0 Å². The van der Waals surface area contributed by atoms with Gasteiger partial charge in [0.1, 0.15) is 17.5 Å². The van der Waals surface area contributed by atoms with Crippen LogP contribution in [0.2, 0.25) is 0 Å². The summed E-state index contributed by atoms with van der Waals surface area (Å²) in [5.74, 6) is 0.881. The first-order valence-electron chi connectivity index (χ1n) is 12.0. The van der Waals surface area contributed by atoms with E-state index in [4.69, 9.17) is 14.2 Å². The lowest BCUT2D eigenvalue weighted by Crippen LogP contribution is -2.40. The number of rotatable bonds is 8. The topological polar surface area (TPSA) is 79.1 Å². The molecule has 0 aliphatic carbocycles. The van der Waals surface area contributed by atoms with E-state index in [9.17, 15) is 9.59 Å². The van der Waals surface area contributed by atoms with Crippen LogP contribution in [0, 0.1) is 0 Å². The first-order chi connectivity index (χ1) is 17.3. The van der Waals surface area contributed by atoms with Crippen molar-refractivity contribution in [1.82, 2.24) is 4.57 Å². The Balaban J connectivity index is 1.92. The molecule has 1 atom stereocenters. The van der Waals surface area contributed by atoms with Gasteiger partial charge in [0.25, 0.3) is 5.56 Å². The van der Waals surface area contributed by atoms with Gasteiger partial charge in [0.2, 0.25) is 0 Å². The van der Waals surface area contributed by atoms with Gasteiger partial charge in [0, 0.05) is 5.56 Å². The van der Waals surface area contributed by atoms with E-state index < -0.39 is 12.0 Å². The number of para-hydroxylation sites is 1. The van der Waals surface area contributed by atoms with Crippen molar-refractivity contribution >= 4 is 23.4 Å². The van der Waals surface area contributed by atoms with E-state index >= 15 is 0 Å². The predicted octanol–water partition coefficient (Wildman–Crippen LogP) is 3.98. The van der Waals surface area contributed by atoms with E-state index in [1.165, 1.54) is 11.3 Å². The molecule has 1 aliphatic rings. The number of ether oxygens (including phenoxy) is 3. The van der Waals surface area contributed by atoms with E-state index in [0.29, 0.717) is 38.5 Å². The lowest BCUT2D eigenvalue weighted by molar-refractivity contribution is -0.139. The normalized spacial score (nSPS) is 15.5. The van der Waals surface area contributed by atoms with Crippen molar-refractivity contribution in [3.05, 3.63) is 90.6 Å². The molecule has 3 aromatic rings. The number of esters is 1. The molecule has 0 spiro atoms. The Morgan fingerprint density at radius 3 is 2.50 bits per heavy atom. The van der Waals surface area contributed by atoms with Crippen molar-refractivity contribution in [2.45, 2.75) is 46.8 Å². The molecule has 0 saturated heterocycles. The molecule has 1 aromatic heterocycles. The van der Waals surface area contributed by atoms with Crippen LogP contribution in [0.4, 0.5) is 0 Å². The maximum atomic E-state index is 13.8. The number of allylic oxidation sites excluding steroid dienone is 1. The van der Waals surface area contributed by atoms with Gasteiger partial charge in [-0.3, -0.25) is 9.36 Å². The molecule has 0 unspecified atom stereocenters. The van der Waals surface area contributed by atoms with Gasteiger partial charge in [0.05, 0.1) is 35.1 Å². The fourth-order valence-electron chi connectivity index (χ4n) is 4.13. The van der Waals surface area contributed by atoms with Crippen LogP contribution in [0.5, 0.6) is 11.5 Å². The Morgan fingerprint density at radius 1 is 1.11 bits per heavy atom. The molecule has 0 fully saturated rings. The van der Waals surface area contributed by atoms with Gasteiger partial charge in [-0.25, -0.2) is 9.79 Å². The first-order valence-corrected chi connectivity index (χ1v) is 12.8. The summed E-state index contributed by atoms with van der Waals surface area (Å²) in [5.41, 5.74) is 2.19. The summed E-state index contributed by atoms with van der Waals surface area (Å²) in [5, 5.41) is 0. The largest absolute Gasteiger partial charge is 0.494 e. The fourth-order valence-corrected chi connectivity index (χ4v) is 5.18. The van der Waals surface area contributed by atoms with Crippen molar-refractivity contribution in [2.75, 3.05) is 13.2 Å². The number of fused-ring (bicyclic) bond motifs is 1. The van der Waals surface area contributed by atoms with Crippen LogP contribution in [0.1, 0.15) is 51.8 Å². The second-order valence-corrected chi connectivity index (χ2v) is 9.52. The fraction of sp³-hybridized carbons (Fsp3) is 0.321. The Bertz CT molecular complexity index is 1460. The Hall–Kier alpha value is -3.65. The second-order valence-electron chi connectivity index (χ2n) is 8.51. The summed E-state index contributed by atoms with van der Waals surface area (Å²) in [4.78, 5) is 32.1. The average Bonchev–Trinajstić information content (AvgIpc) is 3.14. The minimum absolute atomic E-state index is 0.0854. The molecule has 7 nitrogen and oxygen atoms in total. The highest BCUT2D eigenvalue weighted by Gasteiger charge is 2.35. The number of hydrogen-bond acceptors (Lipinski definition) is 7. The van der Waals surface area contributed by atoms with Crippen LogP contribution in [-0.2, 0) is 9.53 Å². The standard InChI is InChI=1S/C28H30N2O5S/c1-6-33-20-14-12-19(13-15-20)16-23-26(31)30-25(21-10-8-9-11-22(21)35-17(3)4)24(27(32)34-7-2)18(5)29-28(30)36-23/h8-17,25H,6-7H2,1-5H3/b23-16+/t25-/m0/s1. The van der Waals surface area contributed by atoms with Crippen molar-refractivity contribution < 1.29 is 19.0 Å². The van der Waals surface area contributed by atoms with Gasteiger partial charge in [-0.15, -0.1) is 0 Å². The summed E-state index contributed by atoms with van der Waals surface area (Å²) in [6.07, 6.45) is 1.74. The van der Waals surface area contributed by atoms with E-state index in [-0.39, 0.29) is 18.3 Å². The highest BCUT2D eigenvalue weighted by Crippen LogP contribution is 2.36. The highest BCUT2D eigenvalue weighted by atomic mass is 32.1. The summed E-state index contributed by atoms with van der Waals surface area (Å²) in [6.45, 7) is 10.1. The molecule has 4 rings (SSSR count). The number of aromatic nitrogens is 1. The van der Waals surface area contributed by atoms with E-state index in [1.807, 2.05) is 75.4 Å². The quantitative estimate of drug-likeness (QED) is 0.432. The average molecular weight is 507 g/mol. The van der Waals surface area contributed by atoms with Crippen molar-refractivity contribution in [2.24, 2.45) is 4.99 Å². The smallest absolute Gasteiger partial charge is 0.338 e. The third-order valence-electron chi connectivity index (χ3n) is 5.58. The number of hydrogen-bond donors (Lipinski definition) is 0. The van der Waals surface area contributed by atoms with Crippen LogP contribution in [0.15, 0.2) is 69.6 Å². The number of thiazole rings is 1. The van der Waals surface area contributed by atoms with Crippen molar-refractivity contribution in [3.63, 3.8) is 0 Å². The van der Waals surface area contributed by atoms with E-state index in [2.05, 4.69) is 4.99 Å². The molecule has 36 heavy (non-hydrogen) atoms. The molecule has 0 bridgehead atoms. The molecule has 2 aromatic carbocycles. The zero-order valence-corrected chi connectivity index (χ0v) is 21.9. The van der Waals surface area contributed by atoms with Gasteiger partial charge >= 0.3 is 5.97 Å². The molecule has 2 heterocycles. The molecule has 0 radical (unpaired) electrons. The SMILES string of the molecule is CCOC(=O)C1=C(C)N=c2s/c(=C/c3ccc(OCC)cc3)c(=O)n2[C@H]1c1ccccc1OC(C)C. The molecule has 1 aliphatic heterocycles. The van der Waals surface area contributed by atoms with E-state index in [0.717, 1.165) is 11.3 Å². The summed E-state index contributed by atoms with van der Waals surface area (Å²) in [7, 11) is 0. The van der Waals surface area contributed by atoms with Crippen LogP contribution in [0.3, 0.4) is 0 Å². The third kappa shape index (κ3) is 5.14. The van der Waals surface area contributed by atoms with E-state index in [1.54, 1.807) is 18.4 Å². The Kier molecular flexibility index (Phi) is 7.74. The zero-order valence-electron chi connectivity index (χ0n) is 21.1. The number of carbonyl (C=O) groups excluding carboxylic acids is 1. The molecular formula is C28H30N2O5S. The maximum absolute atomic E-state index is 13.8. The number of nitrogens with zero attached hydrogens (tertiary/aromatic N) is 2. The Labute approximate surface area is 214 Å². The lowest BCUT2D eigenvalue weighted by Gasteiger charge is -2.26. The van der Waals surface area contributed by atoms with Gasteiger partial charge < -0.3 is 14.2 Å². The summed E-state index contributed by atoms with van der Waals surface area (Å²) < 4.78 is 19.1. The Morgan fingerprint density at radius 2 is 1.83 bits per heavy atom. The van der Waals surface area contributed by atoms with Crippen LogP contribution in [0.25, 0.3) is 6.08 Å². The zero-order chi connectivity index (χ0) is 25.8. The molecular weight excluding hydrogens is 476 g/mol. The van der Waals surface area contributed by atoms with Crippen molar-refractivity contribution in [3.8, 4) is 11.5 Å². The summed E-state index contributed by atoms with van der Waals surface area (Å²) >= 11 is 1.29. The molecule has 0 N–H and O–H groups in total. The van der Waals surface area contributed by atoms with Gasteiger partial charge in [-0.2, -0.15) is 0 Å². The monoisotopic (exact) mass is 506 g/mol. The first kappa shape index (κ1) is 25.4. The van der Waals surface area contributed by atoms with Gasteiger partial charge in [0.15, 0.2) is 4.80 Å². The minimum atomic E-state index is -0.724. The molecule has 8 heteroatoms. The third-order valence-corrected chi connectivity index (χ3v) is 6.57. The van der Waals surface area contributed by atoms with Crippen LogP contribution < -0.4 is 24.4 Å². The molecule has 0 amide bonds. The number of carbonyl (C=O) groups is 1. The van der Waals surface area contributed by atoms with Gasteiger partial charge in [-0.1, -0.05) is 41.7 Å². The minimum Gasteiger partial charge on any atom is -0.494 e. The predicted molar refractivity (Wildman–Crippen MR) is 140 cm³/mol. The van der Waals surface area contributed by atoms with Gasteiger partial charge in [-0.05, 0) is 64.5 Å². The van der Waals surface area contributed by atoms with Crippen LogP contribution in [-0.4, -0.2) is 29.9 Å². The highest BCUT2D eigenvalue weighted by molar-refractivity contribution is 7.07. The van der Waals surface area contributed by atoms with Crippen LogP contribution >= 0.6 is 11.3 Å². The second kappa shape index (κ2) is 11.0.